The molecule has 4 rings (SSSR count). The lowest BCUT2D eigenvalue weighted by Crippen LogP contribution is -2.28. The lowest BCUT2D eigenvalue weighted by Gasteiger charge is -2.21. The minimum absolute atomic E-state index is 0.436. The summed E-state index contributed by atoms with van der Waals surface area (Å²) in [5.74, 6) is 0.871. The van der Waals surface area contributed by atoms with Crippen LogP contribution in [-0.4, -0.2) is 17.0 Å². The first kappa shape index (κ1) is 12.0. The molecule has 1 atom stereocenters. The van der Waals surface area contributed by atoms with E-state index >= 15 is 0 Å². The topological polar surface area (TPSA) is 36.3 Å². The molecular formula is C18H14N2O. The highest BCUT2D eigenvalue weighted by Crippen LogP contribution is 2.39. The van der Waals surface area contributed by atoms with Gasteiger partial charge in [0.1, 0.15) is 5.75 Å². The van der Waals surface area contributed by atoms with E-state index in [-0.39, 0.29) is 0 Å². The molecule has 0 fully saturated rings. The first-order valence-electron chi connectivity index (χ1n) is 7.02. The molecular weight excluding hydrogens is 260 g/mol. The van der Waals surface area contributed by atoms with Gasteiger partial charge in [0.25, 0.3) is 0 Å². The van der Waals surface area contributed by atoms with Crippen LogP contribution >= 0.6 is 0 Å². The van der Waals surface area contributed by atoms with Crippen LogP contribution in [0, 0.1) is 11.3 Å². The molecule has 0 amide bonds. The van der Waals surface area contributed by atoms with Gasteiger partial charge in [-0.2, -0.15) is 5.26 Å². The number of allylic oxidation sites excluding steroid dienone is 3. The van der Waals surface area contributed by atoms with Gasteiger partial charge >= 0.3 is 0 Å². The molecule has 1 aromatic rings. The summed E-state index contributed by atoms with van der Waals surface area (Å²) in [5, 5.41) is 9.02. The zero-order valence-electron chi connectivity index (χ0n) is 11.5. The van der Waals surface area contributed by atoms with Crippen molar-refractivity contribution in [2.24, 2.45) is 0 Å². The number of ether oxygens (including phenoxy) is 1. The van der Waals surface area contributed by atoms with E-state index in [2.05, 4.69) is 53.6 Å². The molecule has 0 bridgehead atoms. The van der Waals surface area contributed by atoms with Crippen LogP contribution in [0.4, 0.5) is 0 Å². The molecule has 1 spiro atoms. The van der Waals surface area contributed by atoms with Gasteiger partial charge in [0.2, 0.25) is 0 Å². The molecule has 0 aliphatic carbocycles. The van der Waals surface area contributed by atoms with Gasteiger partial charge in [-0.25, -0.2) is 0 Å². The molecule has 0 radical (unpaired) electrons. The molecule has 0 N–H and O–H groups in total. The quantitative estimate of drug-likeness (QED) is 0.729. The number of nitrogens with zero attached hydrogens (tertiary/aromatic N) is 2. The standard InChI is InChI=1S/C18H14N2O/c19-13-14-4-5-17-15(11-14)12-18(21-17)7-6-16-3-1-2-9-20(16)10-8-18/h1-8,10-11H,9,12H2. The third-order valence-electron chi connectivity index (χ3n) is 4.07. The zero-order chi connectivity index (χ0) is 14.3. The molecule has 3 aliphatic heterocycles. The van der Waals surface area contributed by atoms with Crippen LogP contribution < -0.4 is 4.74 Å². The van der Waals surface area contributed by atoms with Crippen molar-refractivity contribution in [2.75, 3.05) is 6.54 Å². The van der Waals surface area contributed by atoms with E-state index in [0.717, 1.165) is 24.3 Å². The molecule has 0 aromatic heterocycles. The fourth-order valence-corrected chi connectivity index (χ4v) is 2.95. The van der Waals surface area contributed by atoms with Crippen molar-refractivity contribution in [1.29, 1.82) is 5.26 Å². The smallest absolute Gasteiger partial charge is 0.151 e. The van der Waals surface area contributed by atoms with Crippen molar-refractivity contribution in [1.82, 2.24) is 4.90 Å². The van der Waals surface area contributed by atoms with Crippen molar-refractivity contribution in [3.05, 3.63) is 77.7 Å². The van der Waals surface area contributed by atoms with Crippen LogP contribution in [0.15, 0.2) is 66.6 Å². The van der Waals surface area contributed by atoms with E-state index in [4.69, 9.17) is 10.00 Å². The Morgan fingerprint density at radius 1 is 1.29 bits per heavy atom. The van der Waals surface area contributed by atoms with Crippen LogP contribution in [0.2, 0.25) is 0 Å². The van der Waals surface area contributed by atoms with Crippen LogP contribution in [-0.2, 0) is 6.42 Å². The second-order valence-electron chi connectivity index (χ2n) is 5.49. The Morgan fingerprint density at radius 2 is 2.24 bits per heavy atom. The molecule has 1 aromatic carbocycles. The highest BCUT2D eigenvalue weighted by atomic mass is 16.5. The maximum atomic E-state index is 9.02. The minimum Gasteiger partial charge on any atom is -0.478 e. The number of benzene rings is 1. The van der Waals surface area contributed by atoms with Gasteiger partial charge in [-0.05, 0) is 42.5 Å². The van der Waals surface area contributed by atoms with Crippen molar-refractivity contribution in [3.8, 4) is 11.8 Å². The predicted octanol–water partition coefficient (Wildman–Crippen LogP) is 3.07. The minimum atomic E-state index is -0.436. The summed E-state index contributed by atoms with van der Waals surface area (Å²) in [5.41, 5.74) is 2.51. The normalized spacial score (nSPS) is 24.9. The maximum Gasteiger partial charge on any atom is 0.151 e. The van der Waals surface area contributed by atoms with Crippen molar-refractivity contribution in [2.45, 2.75) is 12.0 Å². The number of nitriles is 1. The highest BCUT2D eigenvalue weighted by Gasteiger charge is 2.36. The second-order valence-corrected chi connectivity index (χ2v) is 5.49. The first-order valence-corrected chi connectivity index (χ1v) is 7.02. The Hall–Kier alpha value is -2.73. The number of hydrogen-bond acceptors (Lipinski definition) is 3. The van der Waals surface area contributed by atoms with Gasteiger partial charge in [-0.1, -0.05) is 12.2 Å². The summed E-state index contributed by atoms with van der Waals surface area (Å²) in [6.07, 6.45) is 15.5. The molecule has 102 valence electrons. The van der Waals surface area contributed by atoms with Gasteiger partial charge in [-0.3, -0.25) is 0 Å². The summed E-state index contributed by atoms with van der Waals surface area (Å²) in [6, 6.07) is 7.80. The molecule has 3 nitrogen and oxygen atoms in total. The SMILES string of the molecule is N#Cc1ccc2c(c1)CC1(C=CC3=CC=CCN3C=C1)O2. The van der Waals surface area contributed by atoms with E-state index in [1.807, 2.05) is 12.1 Å². The number of hydrogen-bond donors (Lipinski definition) is 0. The third kappa shape index (κ3) is 1.96. The van der Waals surface area contributed by atoms with Gasteiger partial charge < -0.3 is 9.64 Å². The van der Waals surface area contributed by atoms with E-state index in [9.17, 15) is 0 Å². The molecule has 1 unspecified atom stereocenters. The van der Waals surface area contributed by atoms with Gasteiger partial charge in [0.15, 0.2) is 5.60 Å². The van der Waals surface area contributed by atoms with Gasteiger partial charge in [0.05, 0.1) is 11.6 Å². The second kappa shape index (κ2) is 4.39. The Bertz CT molecular complexity index is 764. The monoisotopic (exact) mass is 274 g/mol. The van der Waals surface area contributed by atoms with Crippen LogP contribution in [0.3, 0.4) is 0 Å². The van der Waals surface area contributed by atoms with Crippen molar-refractivity contribution in [3.63, 3.8) is 0 Å². The average Bonchev–Trinajstić information content (AvgIpc) is 2.79. The van der Waals surface area contributed by atoms with E-state index in [1.165, 1.54) is 5.70 Å². The molecule has 3 heterocycles. The largest absolute Gasteiger partial charge is 0.478 e. The molecule has 3 heteroatoms. The third-order valence-corrected chi connectivity index (χ3v) is 4.07. The summed E-state index contributed by atoms with van der Waals surface area (Å²) < 4.78 is 6.16. The Balaban J connectivity index is 1.70. The highest BCUT2D eigenvalue weighted by molar-refractivity contribution is 5.49. The van der Waals surface area contributed by atoms with Crippen molar-refractivity contribution >= 4 is 0 Å². The Morgan fingerprint density at radius 3 is 3.14 bits per heavy atom. The van der Waals surface area contributed by atoms with Crippen LogP contribution in [0.5, 0.6) is 5.75 Å². The Kier molecular flexibility index (Phi) is 2.52. The van der Waals surface area contributed by atoms with Crippen LogP contribution in [0.1, 0.15) is 11.1 Å². The fraction of sp³-hybridized carbons (Fsp3) is 0.167. The summed E-state index contributed by atoms with van der Waals surface area (Å²) in [4.78, 5) is 2.19. The first-order chi connectivity index (χ1) is 10.3. The molecule has 0 saturated carbocycles. The van der Waals surface area contributed by atoms with E-state index in [0.29, 0.717) is 5.56 Å². The number of rotatable bonds is 0. The van der Waals surface area contributed by atoms with Crippen molar-refractivity contribution < 1.29 is 4.74 Å². The summed E-state index contributed by atoms with van der Waals surface area (Å²) in [6.45, 7) is 0.883. The van der Waals surface area contributed by atoms with E-state index < -0.39 is 5.60 Å². The Labute approximate surface area is 123 Å². The van der Waals surface area contributed by atoms with Crippen LogP contribution in [0.25, 0.3) is 0 Å². The average molecular weight is 274 g/mol. The van der Waals surface area contributed by atoms with E-state index in [1.54, 1.807) is 6.07 Å². The maximum absolute atomic E-state index is 9.02. The summed E-state index contributed by atoms with van der Waals surface area (Å²) >= 11 is 0. The lowest BCUT2D eigenvalue weighted by atomic mass is 9.96. The zero-order valence-corrected chi connectivity index (χ0v) is 11.5. The molecule has 3 aliphatic rings. The van der Waals surface area contributed by atoms with Gasteiger partial charge in [0, 0.05) is 30.4 Å². The fourth-order valence-electron chi connectivity index (χ4n) is 2.95. The molecule has 0 saturated heterocycles. The van der Waals surface area contributed by atoms with Gasteiger partial charge in [-0.15, -0.1) is 0 Å². The number of fused-ring (bicyclic) bond motifs is 2. The predicted molar refractivity (Wildman–Crippen MR) is 80.4 cm³/mol. The molecule has 21 heavy (non-hydrogen) atoms. The lowest BCUT2D eigenvalue weighted by molar-refractivity contribution is 0.202. The summed E-state index contributed by atoms with van der Waals surface area (Å²) in [7, 11) is 0.